The molecular weight excluding hydrogens is 250 g/mol. The Bertz CT molecular complexity index is 458. The molecule has 2 atom stereocenters. The van der Waals surface area contributed by atoms with Gasteiger partial charge in [0, 0.05) is 11.5 Å². The number of piperidine rings is 1. The largest absolute Gasteiger partial charge is 0.494 e. The van der Waals surface area contributed by atoms with E-state index in [9.17, 15) is 0 Å². The lowest BCUT2D eigenvalue weighted by atomic mass is 9.81. The molecule has 0 bridgehead atoms. The zero-order chi connectivity index (χ0) is 13.9. The minimum atomic E-state index is 0.549. The van der Waals surface area contributed by atoms with Crippen molar-refractivity contribution >= 4 is 0 Å². The molecule has 0 saturated carbocycles. The van der Waals surface area contributed by atoms with Crippen molar-refractivity contribution in [1.29, 1.82) is 0 Å². The van der Waals surface area contributed by atoms with Crippen molar-refractivity contribution in [3.8, 4) is 11.5 Å². The van der Waals surface area contributed by atoms with Crippen LogP contribution in [0, 0.1) is 0 Å². The molecule has 3 rings (SSSR count). The summed E-state index contributed by atoms with van der Waals surface area (Å²) >= 11 is 0. The topological polar surface area (TPSA) is 21.7 Å². The van der Waals surface area contributed by atoms with E-state index >= 15 is 0 Å². The summed E-state index contributed by atoms with van der Waals surface area (Å²) in [6, 6.07) is 6.85. The molecule has 1 fully saturated rings. The summed E-state index contributed by atoms with van der Waals surface area (Å²) in [5.41, 5.74) is 1.35. The number of nitrogens with zero attached hydrogens (tertiary/aromatic N) is 1. The third kappa shape index (κ3) is 2.51. The van der Waals surface area contributed by atoms with Gasteiger partial charge in [0.1, 0.15) is 18.1 Å². The molecule has 3 heteroatoms. The zero-order valence-corrected chi connectivity index (χ0v) is 12.6. The van der Waals surface area contributed by atoms with Gasteiger partial charge in [-0.3, -0.25) is 4.90 Å². The Morgan fingerprint density at radius 2 is 2.25 bits per heavy atom. The fraction of sp³-hybridized carbons (Fsp3) is 0.647. The molecule has 0 aliphatic carbocycles. The third-order valence-electron chi connectivity index (χ3n) is 4.51. The third-order valence-corrected chi connectivity index (χ3v) is 4.51. The SMILES string of the molecule is CCCN1CCC[C@@H]2c3cc(OCC)ccc3OC[C@H]21. The van der Waals surface area contributed by atoms with Gasteiger partial charge in [0.15, 0.2) is 0 Å². The van der Waals surface area contributed by atoms with Crippen LogP contribution in [0.1, 0.15) is 44.6 Å². The van der Waals surface area contributed by atoms with Gasteiger partial charge in [0.25, 0.3) is 0 Å². The van der Waals surface area contributed by atoms with E-state index in [-0.39, 0.29) is 0 Å². The molecule has 0 N–H and O–H groups in total. The Labute approximate surface area is 121 Å². The second-order valence-corrected chi connectivity index (χ2v) is 5.80. The van der Waals surface area contributed by atoms with Crippen LogP contribution < -0.4 is 9.47 Å². The summed E-state index contributed by atoms with van der Waals surface area (Å²) in [5.74, 6) is 2.65. The molecule has 0 amide bonds. The van der Waals surface area contributed by atoms with Crippen molar-refractivity contribution in [1.82, 2.24) is 4.90 Å². The Kier molecular flexibility index (Phi) is 4.16. The summed E-state index contributed by atoms with van der Waals surface area (Å²) in [6.07, 6.45) is 3.78. The first-order valence-electron chi connectivity index (χ1n) is 7.97. The number of fused-ring (bicyclic) bond motifs is 3. The molecule has 3 nitrogen and oxygen atoms in total. The van der Waals surface area contributed by atoms with Crippen LogP contribution in [0.4, 0.5) is 0 Å². The predicted octanol–water partition coefficient (Wildman–Crippen LogP) is 3.44. The first-order valence-corrected chi connectivity index (χ1v) is 7.97. The average Bonchev–Trinajstić information content (AvgIpc) is 2.48. The molecule has 20 heavy (non-hydrogen) atoms. The molecule has 0 spiro atoms. The molecule has 2 heterocycles. The first-order chi connectivity index (χ1) is 9.83. The molecule has 0 radical (unpaired) electrons. The van der Waals surface area contributed by atoms with Gasteiger partial charge in [-0.2, -0.15) is 0 Å². The van der Waals surface area contributed by atoms with E-state index in [1.807, 2.05) is 13.0 Å². The van der Waals surface area contributed by atoms with Gasteiger partial charge in [-0.05, 0) is 57.5 Å². The Morgan fingerprint density at radius 3 is 3.05 bits per heavy atom. The Balaban J connectivity index is 1.87. The molecule has 1 aromatic rings. The van der Waals surface area contributed by atoms with Gasteiger partial charge in [-0.1, -0.05) is 6.92 Å². The van der Waals surface area contributed by atoms with Crippen molar-refractivity contribution in [2.75, 3.05) is 26.3 Å². The van der Waals surface area contributed by atoms with E-state index in [2.05, 4.69) is 24.0 Å². The maximum absolute atomic E-state index is 6.01. The normalized spacial score (nSPS) is 25.5. The van der Waals surface area contributed by atoms with Crippen LogP contribution in [0.2, 0.25) is 0 Å². The van der Waals surface area contributed by atoms with Crippen LogP contribution in [0.15, 0.2) is 18.2 Å². The lowest BCUT2D eigenvalue weighted by Gasteiger charge is -2.44. The minimum absolute atomic E-state index is 0.549. The second kappa shape index (κ2) is 6.04. The van der Waals surface area contributed by atoms with Gasteiger partial charge in [-0.15, -0.1) is 0 Å². The van der Waals surface area contributed by atoms with E-state index in [0.717, 1.165) is 24.7 Å². The van der Waals surface area contributed by atoms with E-state index in [4.69, 9.17) is 9.47 Å². The number of ether oxygens (including phenoxy) is 2. The minimum Gasteiger partial charge on any atom is -0.494 e. The van der Waals surface area contributed by atoms with Crippen LogP contribution in [-0.2, 0) is 0 Å². The number of hydrogen-bond donors (Lipinski definition) is 0. The highest BCUT2D eigenvalue weighted by Crippen LogP contribution is 2.42. The van der Waals surface area contributed by atoms with Crippen LogP contribution in [-0.4, -0.2) is 37.2 Å². The van der Waals surface area contributed by atoms with Gasteiger partial charge < -0.3 is 9.47 Å². The summed E-state index contributed by atoms with van der Waals surface area (Å²) in [6.45, 7) is 8.25. The van der Waals surface area contributed by atoms with Gasteiger partial charge >= 0.3 is 0 Å². The van der Waals surface area contributed by atoms with Crippen LogP contribution in [0.3, 0.4) is 0 Å². The van der Waals surface area contributed by atoms with Crippen LogP contribution in [0.5, 0.6) is 11.5 Å². The lowest BCUT2D eigenvalue weighted by molar-refractivity contribution is 0.0657. The standard InChI is InChI=1S/C17H25NO2/c1-3-9-18-10-5-6-14-15-11-13(19-4-2)7-8-17(15)20-12-16(14)18/h7-8,11,14,16H,3-6,9-10,12H2,1-2H3/t14-,16-/m1/s1. The van der Waals surface area contributed by atoms with Gasteiger partial charge in [0.05, 0.1) is 12.6 Å². The van der Waals surface area contributed by atoms with Crippen molar-refractivity contribution in [3.05, 3.63) is 23.8 Å². The average molecular weight is 275 g/mol. The summed E-state index contributed by atoms with van der Waals surface area (Å²) in [4.78, 5) is 2.62. The smallest absolute Gasteiger partial charge is 0.123 e. The fourth-order valence-electron chi connectivity index (χ4n) is 3.66. The molecule has 110 valence electrons. The van der Waals surface area contributed by atoms with E-state index < -0.39 is 0 Å². The molecule has 1 saturated heterocycles. The summed E-state index contributed by atoms with van der Waals surface area (Å²) < 4.78 is 11.7. The summed E-state index contributed by atoms with van der Waals surface area (Å²) in [7, 11) is 0. The maximum Gasteiger partial charge on any atom is 0.123 e. The number of benzene rings is 1. The molecule has 2 aliphatic heterocycles. The van der Waals surface area contributed by atoms with E-state index in [1.54, 1.807) is 0 Å². The number of likely N-dealkylation sites (tertiary alicyclic amines) is 1. The van der Waals surface area contributed by atoms with Crippen LogP contribution in [0.25, 0.3) is 0 Å². The highest BCUT2D eigenvalue weighted by Gasteiger charge is 2.37. The highest BCUT2D eigenvalue weighted by atomic mass is 16.5. The Morgan fingerprint density at radius 1 is 1.35 bits per heavy atom. The fourth-order valence-corrected chi connectivity index (χ4v) is 3.66. The molecule has 0 unspecified atom stereocenters. The quantitative estimate of drug-likeness (QED) is 0.840. The highest BCUT2D eigenvalue weighted by molar-refractivity contribution is 5.45. The van der Waals surface area contributed by atoms with Crippen molar-refractivity contribution < 1.29 is 9.47 Å². The second-order valence-electron chi connectivity index (χ2n) is 5.80. The Hall–Kier alpha value is -1.22. The van der Waals surface area contributed by atoms with Crippen LogP contribution >= 0.6 is 0 Å². The van der Waals surface area contributed by atoms with Crippen molar-refractivity contribution in [2.24, 2.45) is 0 Å². The molecular formula is C17H25NO2. The van der Waals surface area contributed by atoms with Gasteiger partial charge in [-0.25, -0.2) is 0 Å². The van der Waals surface area contributed by atoms with E-state index in [1.165, 1.54) is 37.9 Å². The number of hydrogen-bond acceptors (Lipinski definition) is 3. The molecule has 2 aliphatic rings. The first kappa shape index (κ1) is 13.7. The summed E-state index contributed by atoms with van der Waals surface area (Å²) in [5, 5.41) is 0. The maximum atomic E-state index is 6.01. The zero-order valence-electron chi connectivity index (χ0n) is 12.6. The van der Waals surface area contributed by atoms with Crippen molar-refractivity contribution in [2.45, 2.75) is 45.1 Å². The van der Waals surface area contributed by atoms with Crippen molar-refractivity contribution in [3.63, 3.8) is 0 Å². The molecule has 0 aromatic heterocycles. The monoisotopic (exact) mass is 275 g/mol. The molecule has 1 aromatic carbocycles. The van der Waals surface area contributed by atoms with E-state index in [0.29, 0.717) is 12.0 Å². The number of rotatable bonds is 4. The lowest BCUT2D eigenvalue weighted by Crippen LogP contribution is -2.49. The predicted molar refractivity (Wildman–Crippen MR) is 80.7 cm³/mol. The van der Waals surface area contributed by atoms with Gasteiger partial charge in [0.2, 0.25) is 0 Å².